The van der Waals surface area contributed by atoms with Gasteiger partial charge in [0.1, 0.15) is 0 Å². The fourth-order valence-corrected chi connectivity index (χ4v) is 3.68. The Hall–Kier alpha value is -1.77. The highest BCUT2D eigenvalue weighted by molar-refractivity contribution is 5.69. The Morgan fingerprint density at radius 3 is 2.70 bits per heavy atom. The predicted molar refractivity (Wildman–Crippen MR) is 78.6 cm³/mol. The Morgan fingerprint density at radius 2 is 2.10 bits per heavy atom. The van der Waals surface area contributed by atoms with Crippen molar-refractivity contribution in [2.24, 2.45) is 5.92 Å². The lowest BCUT2D eigenvalue weighted by Crippen LogP contribution is -2.53. The lowest BCUT2D eigenvalue weighted by atomic mass is 9.70. The molecule has 1 saturated heterocycles. The summed E-state index contributed by atoms with van der Waals surface area (Å²) in [4.78, 5) is 13.9. The highest BCUT2D eigenvalue weighted by Crippen LogP contribution is 2.44. The monoisotopic (exact) mass is 271 g/mol. The number of rotatable bonds is 2. The van der Waals surface area contributed by atoms with Gasteiger partial charge in [-0.3, -0.25) is 0 Å². The smallest absolute Gasteiger partial charge is 0.410 e. The summed E-state index contributed by atoms with van der Waals surface area (Å²) in [6, 6.07) is 10.7. The minimum absolute atomic E-state index is 0.143. The Balaban J connectivity index is 1.95. The maximum Gasteiger partial charge on any atom is 0.410 e. The van der Waals surface area contributed by atoms with Gasteiger partial charge in [-0.15, -0.1) is 0 Å². The van der Waals surface area contributed by atoms with Crippen LogP contribution in [-0.2, 0) is 4.74 Å². The van der Waals surface area contributed by atoms with Crippen LogP contribution in [0.5, 0.6) is 0 Å². The van der Waals surface area contributed by atoms with Gasteiger partial charge in [0.2, 0.25) is 0 Å². The van der Waals surface area contributed by atoms with E-state index in [1.54, 1.807) is 0 Å². The van der Waals surface area contributed by atoms with E-state index in [0.29, 0.717) is 11.8 Å². The molecule has 0 saturated carbocycles. The largest absolute Gasteiger partial charge is 0.453 e. The molecule has 0 unspecified atom stereocenters. The molecule has 2 heterocycles. The molecule has 1 fully saturated rings. The summed E-state index contributed by atoms with van der Waals surface area (Å²) in [5.41, 5.74) is 2.82. The van der Waals surface area contributed by atoms with E-state index in [-0.39, 0.29) is 12.1 Å². The topological polar surface area (TPSA) is 29.5 Å². The minimum Gasteiger partial charge on any atom is -0.453 e. The number of carbonyl (C=O) groups is 1. The molecular formula is C17H21NO2. The highest BCUT2D eigenvalue weighted by Gasteiger charge is 2.43. The van der Waals surface area contributed by atoms with Crippen molar-refractivity contribution in [2.45, 2.75) is 31.7 Å². The van der Waals surface area contributed by atoms with Crippen molar-refractivity contribution in [3.05, 3.63) is 47.5 Å². The van der Waals surface area contributed by atoms with Gasteiger partial charge < -0.3 is 9.64 Å². The third-order valence-electron chi connectivity index (χ3n) is 4.68. The summed E-state index contributed by atoms with van der Waals surface area (Å²) in [6.07, 6.45) is 4.32. The summed E-state index contributed by atoms with van der Waals surface area (Å²) in [6.45, 7) is 3.01. The molecule has 0 N–H and O–H groups in total. The molecular weight excluding hydrogens is 250 g/mol. The second-order valence-corrected chi connectivity index (χ2v) is 5.66. The standard InChI is InChI=1S/C17H21NO2/c1-3-12-10-16-15(13-7-5-4-6-8-13)9-14(12)11-18(16)17(19)20-2/h4-8,10,14-16H,3,9,11H2,1-2H3/t14-,15-,16+/m1/s1. The molecule has 106 valence electrons. The van der Waals surface area contributed by atoms with Gasteiger partial charge in [0.15, 0.2) is 0 Å². The number of nitrogens with zero attached hydrogens (tertiary/aromatic N) is 1. The number of carbonyl (C=O) groups excluding carboxylic acids is 1. The Morgan fingerprint density at radius 1 is 1.35 bits per heavy atom. The zero-order valence-electron chi connectivity index (χ0n) is 12.1. The summed E-state index contributed by atoms with van der Waals surface area (Å²) in [7, 11) is 1.46. The number of hydrogen-bond donors (Lipinski definition) is 0. The normalized spacial score (nSPS) is 28.2. The molecule has 1 aromatic carbocycles. The van der Waals surface area contributed by atoms with Gasteiger partial charge in [-0.1, -0.05) is 48.9 Å². The minimum atomic E-state index is -0.202. The summed E-state index contributed by atoms with van der Waals surface area (Å²) >= 11 is 0. The van der Waals surface area contributed by atoms with Crippen LogP contribution in [0.2, 0.25) is 0 Å². The second-order valence-electron chi connectivity index (χ2n) is 5.66. The zero-order chi connectivity index (χ0) is 14.1. The summed E-state index contributed by atoms with van der Waals surface area (Å²) in [5.74, 6) is 0.874. The Bertz CT molecular complexity index is 523. The summed E-state index contributed by atoms with van der Waals surface area (Å²) < 4.78 is 4.95. The Kier molecular flexibility index (Phi) is 3.51. The van der Waals surface area contributed by atoms with Crippen molar-refractivity contribution in [1.29, 1.82) is 0 Å². The van der Waals surface area contributed by atoms with Crippen LogP contribution in [0, 0.1) is 5.92 Å². The van der Waals surface area contributed by atoms with E-state index < -0.39 is 0 Å². The first-order valence-corrected chi connectivity index (χ1v) is 7.34. The molecule has 0 spiro atoms. The van der Waals surface area contributed by atoms with Crippen molar-refractivity contribution in [3.63, 3.8) is 0 Å². The molecule has 0 aromatic heterocycles. The van der Waals surface area contributed by atoms with Gasteiger partial charge in [-0.2, -0.15) is 0 Å². The molecule has 2 bridgehead atoms. The van der Waals surface area contributed by atoms with Crippen molar-refractivity contribution in [1.82, 2.24) is 4.90 Å². The highest BCUT2D eigenvalue weighted by atomic mass is 16.5. The second kappa shape index (κ2) is 5.31. The number of ether oxygens (including phenoxy) is 1. The maximum absolute atomic E-state index is 12.0. The van der Waals surface area contributed by atoms with E-state index in [1.165, 1.54) is 18.2 Å². The average molecular weight is 271 g/mol. The lowest BCUT2D eigenvalue weighted by molar-refractivity contribution is 0.0734. The first-order chi connectivity index (χ1) is 9.74. The molecule has 2 aliphatic heterocycles. The number of benzene rings is 1. The van der Waals surface area contributed by atoms with Crippen LogP contribution in [0.25, 0.3) is 0 Å². The number of hydrogen-bond acceptors (Lipinski definition) is 2. The van der Waals surface area contributed by atoms with Crippen LogP contribution in [0.15, 0.2) is 42.0 Å². The average Bonchev–Trinajstić information content (AvgIpc) is 2.54. The number of fused-ring (bicyclic) bond motifs is 2. The van der Waals surface area contributed by atoms with Crippen LogP contribution in [0.4, 0.5) is 4.79 Å². The molecule has 0 radical (unpaired) electrons. The van der Waals surface area contributed by atoms with E-state index in [1.807, 2.05) is 11.0 Å². The third kappa shape index (κ3) is 2.11. The van der Waals surface area contributed by atoms with Gasteiger partial charge in [0.25, 0.3) is 0 Å². The molecule has 4 rings (SSSR count). The fourth-order valence-electron chi connectivity index (χ4n) is 3.68. The number of amides is 1. The van der Waals surface area contributed by atoms with Gasteiger partial charge in [-0.05, 0) is 24.3 Å². The van der Waals surface area contributed by atoms with Crippen LogP contribution < -0.4 is 0 Å². The van der Waals surface area contributed by atoms with Crippen LogP contribution in [-0.4, -0.2) is 30.7 Å². The van der Waals surface area contributed by atoms with E-state index in [2.05, 4.69) is 37.3 Å². The van der Waals surface area contributed by atoms with E-state index in [4.69, 9.17) is 4.74 Å². The molecule has 3 nitrogen and oxygen atoms in total. The molecule has 1 aliphatic carbocycles. The van der Waals surface area contributed by atoms with Gasteiger partial charge in [0, 0.05) is 12.5 Å². The molecule has 3 heteroatoms. The molecule has 3 aliphatic rings. The number of piperidine rings is 1. The van der Waals surface area contributed by atoms with Gasteiger partial charge in [0.05, 0.1) is 13.2 Å². The lowest BCUT2D eigenvalue weighted by Gasteiger charge is -2.48. The van der Waals surface area contributed by atoms with Gasteiger partial charge >= 0.3 is 6.09 Å². The molecule has 1 aromatic rings. The quantitative estimate of drug-likeness (QED) is 0.769. The van der Waals surface area contributed by atoms with Crippen LogP contribution >= 0.6 is 0 Å². The predicted octanol–water partition coefficient (Wildman–Crippen LogP) is 3.58. The van der Waals surface area contributed by atoms with Crippen LogP contribution in [0.3, 0.4) is 0 Å². The van der Waals surface area contributed by atoms with Gasteiger partial charge in [-0.25, -0.2) is 4.79 Å². The van der Waals surface area contributed by atoms with E-state index >= 15 is 0 Å². The third-order valence-corrected chi connectivity index (χ3v) is 4.68. The molecule has 3 atom stereocenters. The fraction of sp³-hybridized carbons (Fsp3) is 0.471. The van der Waals surface area contributed by atoms with Crippen molar-refractivity contribution in [2.75, 3.05) is 13.7 Å². The van der Waals surface area contributed by atoms with Crippen molar-refractivity contribution in [3.8, 4) is 0 Å². The Labute approximate surface area is 120 Å². The zero-order valence-corrected chi connectivity index (χ0v) is 12.1. The van der Waals surface area contributed by atoms with E-state index in [9.17, 15) is 4.79 Å². The SMILES string of the molecule is CCC1=C[C@H]2[C@@H](c3ccccc3)C[C@@H]1CN2C(=O)OC. The molecule has 20 heavy (non-hydrogen) atoms. The summed E-state index contributed by atoms with van der Waals surface area (Å²) in [5, 5.41) is 0. The first kappa shape index (κ1) is 13.2. The van der Waals surface area contributed by atoms with E-state index in [0.717, 1.165) is 19.4 Å². The van der Waals surface area contributed by atoms with Crippen molar-refractivity contribution >= 4 is 6.09 Å². The maximum atomic E-state index is 12.0. The van der Waals surface area contributed by atoms with Crippen LogP contribution in [0.1, 0.15) is 31.2 Å². The molecule has 1 amide bonds. The van der Waals surface area contributed by atoms with Crippen molar-refractivity contribution < 1.29 is 9.53 Å². The number of methoxy groups -OCH3 is 1. The first-order valence-electron chi connectivity index (χ1n) is 7.34.